The predicted octanol–water partition coefficient (Wildman–Crippen LogP) is 11.4. The molecule has 0 aliphatic rings. The SMILES string of the molecule is CCCCCCCCCC[O][Sn]([C](F)(F)C(F)(F)CC(F)(F)F)([C](F)(F)C(F)(F)CC(F)(F)F)[C](F)(F)C(F)(F)CC(F)(F)F. The van der Waals surface area contributed by atoms with Gasteiger partial charge in [-0.25, -0.2) is 0 Å². The Morgan fingerprint density at radius 1 is 0.378 bits per heavy atom. The van der Waals surface area contributed by atoms with Crippen LogP contribution in [0.5, 0.6) is 0 Å². The molecule has 0 heterocycles. The summed E-state index contributed by atoms with van der Waals surface area (Å²) in [5.74, 6) is -22.6. The number of unbranched alkanes of at least 4 members (excludes halogenated alkanes) is 7. The van der Waals surface area contributed by atoms with Crippen LogP contribution in [-0.4, -0.2) is 73.5 Å². The van der Waals surface area contributed by atoms with Crippen molar-refractivity contribution in [3.8, 4) is 0 Å². The van der Waals surface area contributed by atoms with Crippen molar-refractivity contribution >= 4 is 18.8 Å². The molecule has 0 unspecified atom stereocenters. The van der Waals surface area contributed by atoms with E-state index in [1.807, 2.05) is 0 Å². The second kappa shape index (κ2) is 14.8. The van der Waals surface area contributed by atoms with Gasteiger partial charge < -0.3 is 0 Å². The second-order valence-electron chi connectivity index (χ2n) is 10.2. The summed E-state index contributed by atoms with van der Waals surface area (Å²) in [5, 5.41) is 0. The van der Waals surface area contributed by atoms with Crippen LogP contribution in [0, 0.1) is 0 Å². The zero-order chi connectivity index (χ0) is 36.2. The maximum atomic E-state index is 15.2. The van der Waals surface area contributed by atoms with E-state index in [4.69, 9.17) is 0 Å². The molecule has 0 saturated carbocycles. The first kappa shape index (κ1) is 44.3. The van der Waals surface area contributed by atoms with E-state index in [9.17, 15) is 65.9 Å². The quantitative estimate of drug-likeness (QED) is 0.0716. The standard InChI is InChI=1S/C10H21O.3C4H2F7.Sn/c1-2-3-4-5-6-7-8-9-10-11;3*5-2(6)3(7,8)1-4(9,10)11;/h2-10H2,1H3;3*1H2;/q-1;;;;+1. The third kappa shape index (κ3) is 10.6. The van der Waals surface area contributed by atoms with Crippen LogP contribution in [-0.2, 0) is 3.07 Å². The molecule has 0 aliphatic carbocycles. The fourth-order valence-corrected chi connectivity index (χ4v) is 15.6. The fraction of sp³-hybridized carbons (Fsp3) is 1.00. The molecule has 0 bridgehead atoms. The first-order chi connectivity index (χ1) is 19.7. The number of alkyl halides is 21. The first-order valence-electron chi connectivity index (χ1n) is 12.8. The van der Waals surface area contributed by atoms with E-state index in [0.29, 0.717) is 19.3 Å². The van der Waals surface area contributed by atoms with Gasteiger partial charge in [-0.15, -0.1) is 0 Å². The zero-order valence-electron chi connectivity index (χ0n) is 22.8. The minimum atomic E-state index is -11.7. The molecule has 0 fully saturated rings. The van der Waals surface area contributed by atoms with Crippen molar-refractivity contribution < 1.29 is 95.3 Å². The van der Waals surface area contributed by atoms with Gasteiger partial charge in [0.25, 0.3) is 0 Å². The van der Waals surface area contributed by atoms with Crippen LogP contribution >= 0.6 is 0 Å². The van der Waals surface area contributed by atoms with E-state index >= 15 is 26.3 Å². The van der Waals surface area contributed by atoms with Gasteiger partial charge in [0.2, 0.25) is 0 Å². The van der Waals surface area contributed by atoms with Crippen molar-refractivity contribution in [2.75, 3.05) is 6.61 Å². The molecule has 0 radical (unpaired) electrons. The van der Waals surface area contributed by atoms with E-state index in [0.717, 1.165) is 6.42 Å². The summed E-state index contributed by atoms with van der Waals surface area (Å²) in [4.78, 5) is 0. The van der Waals surface area contributed by atoms with E-state index in [1.54, 1.807) is 6.92 Å². The number of hydrogen-bond acceptors (Lipinski definition) is 1. The predicted molar refractivity (Wildman–Crippen MR) is 116 cm³/mol. The average molecular weight is 825 g/mol. The molecule has 0 aromatic rings. The summed E-state index contributed by atoms with van der Waals surface area (Å²) in [6, 6.07) is 0. The van der Waals surface area contributed by atoms with Crippen molar-refractivity contribution in [3.63, 3.8) is 0 Å². The topological polar surface area (TPSA) is 9.23 Å². The molecule has 23 heteroatoms. The van der Waals surface area contributed by atoms with E-state index in [2.05, 4.69) is 3.07 Å². The second-order valence-corrected chi connectivity index (χ2v) is 20.3. The van der Waals surface area contributed by atoms with Crippen LogP contribution in [0.25, 0.3) is 0 Å². The molecule has 272 valence electrons. The molecule has 0 spiro atoms. The van der Waals surface area contributed by atoms with Crippen molar-refractivity contribution in [2.45, 2.75) is 126 Å². The molecule has 0 saturated heterocycles. The Balaban J connectivity index is 7.58. The van der Waals surface area contributed by atoms with Crippen LogP contribution in [0.1, 0.15) is 77.6 Å². The fourth-order valence-electron chi connectivity index (χ4n) is 4.19. The molecule has 0 aromatic heterocycles. The van der Waals surface area contributed by atoms with Gasteiger partial charge in [0, 0.05) is 0 Å². The molecule has 0 aromatic carbocycles. The average Bonchev–Trinajstić information content (AvgIpc) is 2.74. The molecular formula is C22H27F21OSn. The van der Waals surface area contributed by atoms with Gasteiger partial charge in [-0.1, -0.05) is 0 Å². The summed E-state index contributed by atoms with van der Waals surface area (Å²) < 4.78 is 271. The van der Waals surface area contributed by atoms with Crippen LogP contribution in [0.15, 0.2) is 0 Å². The number of halogens is 21. The van der Waals surface area contributed by atoms with Gasteiger partial charge in [-0.05, 0) is 0 Å². The third-order valence-electron chi connectivity index (χ3n) is 6.29. The molecule has 0 N–H and O–H groups in total. The van der Waals surface area contributed by atoms with Crippen molar-refractivity contribution in [2.24, 2.45) is 0 Å². The molecule has 0 amide bonds. The van der Waals surface area contributed by atoms with E-state index < -0.39 is 106 Å². The molecule has 0 aliphatic heterocycles. The molecule has 0 rings (SSSR count). The van der Waals surface area contributed by atoms with Gasteiger partial charge in [-0.3, -0.25) is 0 Å². The number of hydrogen-bond donors (Lipinski definition) is 0. The Labute approximate surface area is 246 Å². The van der Waals surface area contributed by atoms with Crippen LogP contribution in [0.4, 0.5) is 92.2 Å². The molecule has 45 heavy (non-hydrogen) atoms. The summed E-state index contributed by atoms with van der Waals surface area (Å²) >= 11 is -11.7. The van der Waals surface area contributed by atoms with Gasteiger partial charge in [0.1, 0.15) is 0 Å². The zero-order valence-corrected chi connectivity index (χ0v) is 25.7. The van der Waals surface area contributed by atoms with Crippen LogP contribution in [0.2, 0.25) is 0 Å². The van der Waals surface area contributed by atoms with Gasteiger partial charge >= 0.3 is 246 Å². The summed E-state index contributed by atoms with van der Waals surface area (Å²) in [5.41, 5.74) is 0. The Kier molecular flexibility index (Phi) is 14.6. The molecular weight excluding hydrogens is 798 g/mol. The van der Waals surface area contributed by atoms with Gasteiger partial charge in [-0.2, -0.15) is 0 Å². The summed E-state index contributed by atoms with van der Waals surface area (Å²) in [6.07, 6.45) is -32.8. The normalized spacial score (nSPS) is 15.6. The number of rotatable bonds is 19. The van der Waals surface area contributed by atoms with Crippen molar-refractivity contribution in [1.29, 1.82) is 0 Å². The third-order valence-corrected chi connectivity index (χ3v) is 18.8. The Morgan fingerprint density at radius 2 is 0.622 bits per heavy atom. The maximum absolute atomic E-state index is 15.2. The minimum absolute atomic E-state index is 0.0997. The van der Waals surface area contributed by atoms with Crippen molar-refractivity contribution in [3.05, 3.63) is 0 Å². The Hall–Kier alpha value is -0.711. The van der Waals surface area contributed by atoms with E-state index in [1.165, 1.54) is 0 Å². The monoisotopic (exact) mass is 826 g/mol. The molecule has 0 atom stereocenters. The van der Waals surface area contributed by atoms with Gasteiger partial charge in [0.15, 0.2) is 0 Å². The van der Waals surface area contributed by atoms with E-state index in [-0.39, 0.29) is 12.8 Å². The van der Waals surface area contributed by atoms with Crippen molar-refractivity contribution in [1.82, 2.24) is 0 Å². The Bertz CT molecular complexity index is 808. The van der Waals surface area contributed by atoms with Crippen LogP contribution in [0.3, 0.4) is 0 Å². The Morgan fingerprint density at radius 3 is 0.867 bits per heavy atom. The molecule has 1 nitrogen and oxygen atoms in total. The van der Waals surface area contributed by atoms with Crippen LogP contribution < -0.4 is 0 Å². The summed E-state index contributed by atoms with van der Waals surface area (Å²) in [7, 11) is 0. The van der Waals surface area contributed by atoms with Gasteiger partial charge in [0.05, 0.1) is 0 Å². The first-order valence-corrected chi connectivity index (χ1v) is 18.2. The summed E-state index contributed by atoms with van der Waals surface area (Å²) in [6.45, 7) is -0.566.